The number of nitrogens with one attached hydrogen (secondary N) is 1. The van der Waals surface area contributed by atoms with Gasteiger partial charge in [-0.2, -0.15) is 0 Å². The molecule has 0 spiro atoms. The van der Waals surface area contributed by atoms with Crippen LogP contribution in [0.15, 0.2) is 48.5 Å². The zero-order valence-corrected chi connectivity index (χ0v) is 16.2. The summed E-state index contributed by atoms with van der Waals surface area (Å²) in [6.45, 7) is 2.26. The highest BCUT2D eigenvalue weighted by atomic mass is 35.5. The molecule has 1 amide bonds. The number of fused-ring (bicyclic) bond motifs is 1. The molecule has 0 saturated carbocycles. The van der Waals surface area contributed by atoms with Gasteiger partial charge in [-0.3, -0.25) is 4.79 Å². The molecule has 28 heavy (non-hydrogen) atoms. The highest BCUT2D eigenvalue weighted by molar-refractivity contribution is 5.98. The second-order valence-electron chi connectivity index (χ2n) is 7.11. The van der Waals surface area contributed by atoms with E-state index in [0.29, 0.717) is 23.6 Å². The van der Waals surface area contributed by atoms with Crippen molar-refractivity contribution in [3.8, 4) is 0 Å². The molecule has 2 fully saturated rings. The first-order valence-corrected chi connectivity index (χ1v) is 9.04. The molecular weight excluding hydrogens is 383 g/mol. The van der Waals surface area contributed by atoms with Crippen LogP contribution >= 0.6 is 12.4 Å². The normalized spacial score (nSPS) is 23.1. The van der Waals surface area contributed by atoms with Gasteiger partial charge in [0.1, 0.15) is 5.82 Å². The van der Waals surface area contributed by atoms with Crippen molar-refractivity contribution in [2.24, 2.45) is 11.8 Å². The molecule has 1 N–H and O–H groups in total. The van der Waals surface area contributed by atoms with Gasteiger partial charge in [-0.25, -0.2) is 9.18 Å². The molecule has 7 heteroatoms. The molecule has 2 aromatic carbocycles. The summed E-state index contributed by atoms with van der Waals surface area (Å²) in [5.74, 6) is -0.342. The van der Waals surface area contributed by atoms with Crippen molar-refractivity contribution >= 4 is 24.3 Å². The predicted octanol–water partition coefficient (Wildman–Crippen LogP) is 3.07. The molecular formula is C21H22ClFN2O3. The molecule has 148 valence electrons. The fourth-order valence-corrected chi connectivity index (χ4v) is 4.31. The Bertz CT molecular complexity index is 891. The van der Waals surface area contributed by atoms with E-state index in [0.717, 1.165) is 18.7 Å². The number of carbonyl (C=O) groups is 2. The lowest BCUT2D eigenvalue weighted by atomic mass is 9.89. The molecule has 0 radical (unpaired) electrons. The summed E-state index contributed by atoms with van der Waals surface area (Å²) in [5, 5.41) is 3.38. The van der Waals surface area contributed by atoms with Crippen LogP contribution in [0.25, 0.3) is 0 Å². The summed E-state index contributed by atoms with van der Waals surface area (Å²) in [4.78, 5) is 26.9. The number of rotatable bonds is 3. The van der Waals surface area contributed by atoms with Gasteiger partial charge in [0.25, 0.3) is 5.91 Å². The highest BCUT2D eigenvalue weighted by Crippen LogP contribution is 2.43. The molecule has 0 aliphatic carbocycles. The SMILES string of the molecule is COC(=O)c1cccc(C(=O)N2C[C@@H]3CNC[C@@H]3[C@H]2c2cccc(F)c2)c1.Cl. The molecule has 0 bridgehead atoms. The van der Waals surface area contributed by atoms with Gasteiger partial charge in [0.15, 0.2) is 0 Å². The Hall–Kier alpha value is -2.44. The van der Waals surface area contributed by atoms with Crippen molar-refractivity contribution in [2.45, 2.75) is 6.04 Å². The fraction of sp³-hybridized carbons (Fsp3) is 0.333. The zero-order chi connectivity index (χ0) is 19.0. The van der Waals surface area contributed by atoms with E-state index < -0.39 is 5.97 Å². The van der Waals surface area contributed by atoms with Crippen molar-refractivity contribution in [1.29, 1.82) is 0 Å². The molecule has 3 atom stereocenters. The molecule has 2 aromatic rings. The van der Waals surface area contributed by atoms with E-state index >= 15 is 0 Å². The monoisotopic (exact) mass is 404 g/mol. The summed E-state index contributed by atoms with van der Waals surface area (Å²) >= 11 is 0. The third kappa shape index (κ3) is 3.62. The van der Waals surface area contributed by atoms with E-state index in [2.05, 4.69) is 5.32 Å². The number of methoxy groups -OCH3 is 1. The Labute approximate surface area is 169 Å². The van der Waals surface area contributed by atoms with Gasteiger partial charge in [0, 0.05) is 31.1 Å². The smallest absolute Gasteiger partial charge is 0.337 e. The lowest BCUT2D eigenvalue weighted by Crippen LogP contribution is -2.34. The summed E-state index contributed by atoms with van der Waals surface area (Å²) in [5.41, 5.74) is 1.59. The van der Waals surface area contributed by atoms with E-state index in [1.807, 2.05) is 11.0 Å². The van der Waals surface area contributed by atoms with Crippen molar-refractivity contribution in [1.82, 2.24) is 10.2 Å². The lowest BCUT2D eigenvalue weighted by Gasteiger charge is -2.28. The van der Waals surface area contributed by atoms with Crippen molar-refractivity contribution in [3.05, 3.63) is 71.0 Å². The van der Waals surface area contributed by atoms with Crippen molar-refractivity contribution in [2.75, 3.05) is 26.7 Å². The first-order valence-electron chi connectivity index (χ1n) is 9.04. The van der Waals surface area contributed by atoms with E-state index in [-0.39, 0.29) is 36.1 Å². The average Bonchev–Trinajstić information content (AvgIpc) is 3.28. The first-order chi connectivity index (χ1) is 13.1. The number of esters is 1. The van der Waals surface area contributed by atoms with Crippen LogP contribution in [0, 0.1) is 17.7 Å². The number of carbonyl (C=O) groups excluding carboxylic acids is 2. The maximum Gasteiger partial charge on any atom is 0.337 e. The van der Waals surface area contributed by atoms with Crippen LogP contribution < -0.4 is 5.32 Å². The molecule has 2 heterocycles. The Kier molecular flexibility index (Phi) is 6.01. The third-order valence-electron chi connectivity index (χ3n) is 5.55. The summed E-state index contributed by atoms with van der Waals surface area (Å²) in [6, 6.07) is 12.8. The molecule has 2 saturated heterocycles. The van der Waals surface area contributed by atoms with Crippen molar-refractivity contribution < 1.29 is 18.7 Å². The number of hydrogen-bond donors (Lipinski definition) is 1. The first kappa shape index (κ1) is 20.3. The van der Waals surface area contributed by atoms with Crippen LogP contribution in [0.4, 0.5) is 4.39 Å². The standard InChI is InChI=1S/C21H21FN2O3.ClH/c1-27-21(26)15-6-2-5-14(8-15)20(25)24-12-16-10-23-11-18(16)19(24)13-4-3-7-17(22)9-13;/h2-9,16,18-19,23H,10-12H2,1H3;1H/t16-,18-,19+;/m0./s1. The Morgan fingerprint density at radius 3 is 2.61 bits per heavy atom. The molecule has 4 rings (SSSR count). The van der Waals surface area contributed by atoms with Crippen LogP contribution in [0.2, 0.25) is 0 Å². The minimum absolute atomic E-state index is 0. The number of amides is 1. The maximum atomic E-state index is 13.8. The zero-order valence-electron chi connectivity index (χ0n) is 15.4. The van der Waals surface area contributed by atoms with Crippen LogP contribution in [-0.4, -0.2) is 43.5 Å². The van der Waals surface area contributed by atoms with Crippen LogP contribution in [0.1, 0.15) is 32.3 Å². The highest BCUT2D eigenvalue weighted by Gasteiger charge is 2.46. The van der Waals surface area contributed by atoms with E-state index in [9.17, 15) is 14.0 Å². The summed E-state index contributed by atoms with van der Waals surface area (Å²) in [7, 11) is 1.31. The number of benzene rings is 2. The maximum absolute atomic E-state index is 13.8. The van der Waals surface area contributed by atoms with Gasteiger partial charge < -0.3 is 15.0 Å². The second kappa shape index (κ2) is 8.29. The van der Waals surface area contributed by atoms with Gasteiger partial charge in [-0.1, -0.05) is 18.2 Å². The second-order valence-corrected chi connectivity index (χ2v) is 7.11. The minimum Gasteiger partial charge on any atom is -0.465 e. The summed E-state index contributed by atoms with van der Waals surface area (Å²) in [6.07, 6.45) is 0. The van der Waals surface area contributed by atoms with Crippen LogP contribution in [0.5, 0.6) is 0 Å². The predicted molar refractivity (Wildman–Crippen MR) is 105 cm³/mol. The summed E-state index contributed by atoms with van der Waals surface area (Å²) < 4.78 is 18.6. The fourth-order valence-electron chi connectivity index (χ4n) is 4.31. The number of ether oxygens (including phenoxy) is 1. The number of nitrogens with zero attached hydrogens (tertiary/aromatic N) is 1. The van der Waals surface area contributed by atoms with Crippen LogP contribution in [-0.2, 0) is 4.74 Å². The Morgan fingerprint density at radius 1 is 1.11 bits per heavy atom. The van der Waals surface area contributed by atoms with E-state index in [1.165, 1.54) is 19.2 Å². The molecule has 0 unspecified atom stereocenters. The molecule has 2 aliphatic heterocycles. The Balaban J connectivity index is 0.00000225. The minimum atomic E-state index is -0.478. The van der Waals surface area contributed by atoms with E-state index in [4.69, 9.17) is 4.74 Å². The molecule has 0 aromatic heterocycles. The topological polar surface area (TPSA) is 58.6 Å². The van der Waals surface area contributed by atoms with Gasteiger partial charge in [0.2, 0.25) is 0 Å². The quantitative estimate of drug-likeness (QED) is 0.799. The largest absolute Gasteiger partial charge is 0.465 e. The third-order valence-corrected chi connectivity index (χ3v) is 5.55. The van der Waals surface area contributed by atoms with Gasteiger partial charge >= 0.3 is 5.97 Å². The number of likely N-dealkylation sites (tertiary alicyclic amines) is 1. The van der Waals surface area contributed by atoms with Gasteiger partial charge in [-0.15, -0.1) is 12.4 Å². The molecule has 5 nitrogen and oxygen atoms in total. The number of hydrogen-bond acceptors (Lipinski definition) is 4. The van der Waals surface area contributed by atoms with Crippen LogP contribution in [0.3, 0.4) is 0 Å². The van der Waals surface area contributed by atoms with Gasteiger partial charge in [0.05, 0.1) is 18.7 Å². The van der Waals surface area contributed by atoms with Crippen molar-refractivity contribution in [3.63, 3.8) is 0 Å². The Morgan fingerprint density at radius 2 is 1.86 bits per heavy atom. The van der Waals surface area contributed by atoms with E-state index in [1.54, 1.807) is 30.3 Å². The average molecular weight is 405 g/mol. The van der Waals surface area contributed by atoms with Gasteiger partial charge in [-0.05, 0) is 41.8 Å². The molecule has 2 aliphatic rings. The number of halogens is 2. The lowest BCUT2D eigenvalue weighted by molar-refractivity contribution is 0.0600.